The average molecular weight is 360 g/mol. The molecule has 4 nitrogen and oxygen atoms in total. The van der Waals surface area contributed by atoms with Crippen molar-refractivity contribution in [3.05, 3.63) is 71.4 Å². The van der Waals surface area contributed by atoms with Gasteiger partial charge in [-0.1, -0.05) is 24.3 Å². The highest BCUT2D eigenvalue weighted by atomic mass is 16.5. The molecule has 0 N–H and O–H groups in total. The Labute approximate surface area is 159 Å². The van der Waals surface area contributed by atoms with Crippen molar-refractivity contribution in [3.63, 3.8) is 0 Å². The quantitative estimate of drug-likeness (QED) is 0.689. The van der Waals surface area contributed by atoms with E-state index in [0.717, 1.165) is 40.6 Å². The van der Waals surface area contributed by atoms with Crippen LogP contribution in [-0.4, -0.2) is 35.0 Å². The van der Waals surface area contributed by atoms with E-state index in [9.17, 15) is 4.79 Å². The molecule has 27 heavy (non-hydrogen) atoms. The second-order valence-electron chi connectivity index (χ2n) is 7.24. The maximum absolute atomic E-state index is 12.8. The van der Waals surface area contributed by atoms with Gasteiger partial charge in [0.15, 0.2) is 0 Å². The molecule has 1 saturated heterocycles. The van der Waals surface area contributed by atoms with Crippen LogP contribution in [0.2, 0.25) is 0 Å². The van der Waals surface area contributed by atoms with Gasteiger partial charge in [0, 0.05) is 43.1 Å². The van der Waals surface area contributed by atoms with Crippen LogP contribution >= 0.6 is 0 Å². The molecule has 4 rings (SSSR count). The van der Waals surface area contributed by atoms with Crippen molar-refractivity contribution >= 4 is 16.8 Å². The van der Waals surface area contributed by atoms with Crippen LogP contribution in [0.1, 0.15) is 34.3 Å². The number of ether oxygens (including phenoxy) is 1. The second kappa shape index (κ2) is 7.39. The van der Waals surface area contributed by atoms with Gasteiger partial charge in [-0.3, -0.25) is 9.78 Å². The van der Waals surface area contributed by atoms with Gasteiger partial charge in [-0.2, -0.15) is 0 Å². The van der Waals surface area contributed by atoms with Crippen LogP contribution < -0.4 is 4.74 Å². The Balaban J connectivity index is 1.41. The maximum atomic E-state index is 12.8. The predicted molar refractivity (Wildman–Crippen MR) is 107 cm³/mol. The zero-order valence-electron chi connectivity index (χ0n) is 15.8. The largest absolute Gasteiger partial charge is 0.488 e. The third-order valence-electron chi connectivity index (χ3n) is 5.37. The third kappa shape index (κ3) is 3.65. The molecule has 1 amide bonds. The summed E-state index contributed by atoms with van der Waals surface area (Å²) >= 11 is 0. The lowest BCUT2D eigenvalue weighted by molar-refractivity contribution is 0.0597. The lowest BCUT2D eigenvalue weighted by Gasteiger charge is -2.32. The van der Waals surface area contributed by atoms with Gasteiger partial charge in [0.2, 0.25) is 0 Å². The molecule has 2 aromatic carbocycles. The summed E-state index contributed by atoms with van der Waals surface area (Å²) < 4.78 is 6.24. The molecule has 0 unspecified atom stereocenters. The molecular weight excluding hydrogens is 336 g/mol. The number of benzene rings is 2. The van der Waals surface area contributed by atoms with Crippen LogP contribution in [0.25, 0.3) is 10.9 Å². The van der Waals surface area contributed by atoms with E-state index in [2.05, 4.69) is 11.9 Å². The summed E-state index contributed by atoms with van der Waals surface area (Å²) in [7, 11) is 0. The Morgan fingerprint density at radius 3 is 2.59 bits per heavy atom. The van der Waals surface area contributed by atoms with Crippen LogP contribution in [0.15, 0.2) is 54.7 Å². The normalized spacial score (nSPS) is 15.1. The number of hydrogen-bond acceptors (Lipinski definition) is 3. The van der Waals surface area contributed by atoms with Gasteiger partial charge >= 0.3 is 0 Å². The SMILES string of the molecule is Cc1ccc(C(=O)N2CCC(Oc3cccc4cccnc34)CC2)cc1C. The van der Waals surface area contributed by atoms with Gasteiger partial charge < -0.3 is 9.64 Å². The summed E-state index contributed by atoms with van der Waals surface area (Å²) in [6.07, 6.45) is 3.57. The minimum atomic E-state index is 0.112. The molecule has 1 aromatic heterocycles. The first-order valence-electron chi connectivity index (χ1n) is 9.49. The Morgan fingerprint density at radius 2 is 1.81 bits per heavy atom. The average Bonchev–Trinajstić information content (AvgIpc) is 2.70. The number of rotatable bonds is 3. The summed E-state index contributed by atoms with van der Waals surface area (Å²) in [6.45, 7) is 5.54. The second-order valence-corrected chi connectivity index (χ2v) is 7.24. The van der Waals surface area contributed by atoms with Crippen molar-refractivity contribution in [2.24, 2.45) is 0 Å². The minimum absolute atomic E-state index is 0.112. The molecule has 2 heterocycles. The van der Waals surface area contributed by atoms with Gasteiger partial charge in [-0.25, -0.2) is 0 Å². The van der Waals surface area contributed by atoms with Gasteiger partial charge in [-0.15, -0.1) is 0 Å². The van der Waals surface area contributed by atoms with Crippen molar-refractivity contribution in [3.8, 4) is 5.75 Å². The first-order chi connectivity index (χ1) is 13.1. The highest BCUT2D eigenvalue weighted by Gasteiger charge is 2.25. The molecule has 0 spiro atoms. The molecule has 138 valence electrons. The Hall–Kier alpha value is -2.88. The van der Waals surface area contributed by atoms with Crippen molar-refractivity contribution in [2.75, 3.05) is 13.1 Å². The Kier molecular flexibility index (Phi) is 4.80. The minimum Gasteiger partial charge on any atom is -0.488 e. The highest BCUT2D eigenvalue weighted by Crippen LogP contribution is 2.26. The standard InChI is InChI=1S/C23H24N2O2/c1-16-8-9-19(15-17(16)2)23(26)25-13-10-20(11-14-25)27-21-7-3-5-18-6-4-12-24-22(18)21/h3-9,12,15,20H,10-11,13-14H2,1-2H3. The van der Waals surface area contributed by atoms with Crippen molar-refractivity contribution in [1.29, 1.82) is 0 Å². The molecule has 0 atom stereocenters. The molecule has 1 fully saturated rings. The monoisotopic (exact) mass is 360 g/mol. The summed E-state index contributed by atoms with van der Waals surface area (Å²) in [5, 5.41) is 1.08. The number of hydrogen-bond donors (Lipinski definition) is 0. The molecule has 4 heteroatoms. The zero-order valence-corrected chi connectivity index (χ0v) is 15.8. The molecular formula is C23H24N2O2. The first-order valence-corrected chi connectivity index (χ1v) is 9.49. The predicted octanol–water partition coefficient (Wildman–Crippen LogP) is 4.54. The van der Waals surface area contributed by atoms with Gasteiger partial charge in [0.25, 0.3) is 5.91 Å². The first kappa shape index (κ1) is 17.5. The summed E-state index contributed by atoms with van der Waals surface area (Å²) in [4.78, 5) is 19.2. The number of carbonyl (C=O) groups excluding carboxylic acids is 1. The number of pyridine rings is 1. The van der Waals surface area contributed by atoms with Crippen LogP contribution in [0, 0.1) is 13.8 Å². The van der Waals surface area contributed by atoms with Gasteiger partial charge in [-0.05, 0) is 49.2 Å². The molecule has 0 bridgehead atoms. The lowest BCUT2D eigenvalue weighted by atomic mass is 10.0. The van der Waals surface area contributed by atoms with E-state index < -0.39 is 0 Å². The lowest BCUT2D eigenvalue weighted by Crippen LogP contribution is -2.41. The van der Waals surface area contributed by atoms with Crippen molar-refractivity contribution in [1.82, 2.24) is 9.88 Å². The Morgan fingerprint density at radius 1 is 1.04 bits per heavy atom. The molecule has 1 aliphatic rings. The summed E-state index contributed by atoms with van der Waals surface area (Å²) in [6, 6.07) is 15.9. The van der Waals surface area contributed by atoms with Crippen molar-refractivity contribution in [2.45, 2.75) is 32.8 Å². The van der Waals surface area contributed by atoms with E-state index in [4.69, 9.17) is 4.74 Å². The van der Waals surface area contributed by atoms with E-state index in [1.807, 2.05) is 60.4 Å². The van der Waals surface area contributed by atoms with E-state index in [1.54, 1.807) is 6.20 Å². The molecule has 0 radical (unpaired) electrons. The Bertz CT molecular complexity index is 970. The smallest absolute Gasteiger partial charge is 0.253 e. The number of likely N-dealkylation sites (tertiary alicyclic amines) is 1. The third-order valence-corrected chi connectivity index (χ3v) is 5.37. The number of fused-ring (bicyclic) bond motifs is 1. The highest BCUT2D eigenvalue weighted by molar-refractivity contribution is 5.94. The fourth-order valence-corrected chi connectivity index (χ4v) is 3.58. The van der Waals surface area contributed by atoms with Crippen LogP contribution in [0.3, 0.4) is 0 Å². The number of piperidine rings is 1. The number of aromatic nitrogens is 1. The maximum Gasteiger partial charge on any atom is 0.253 e. The van der Waals surface area contributed by atoms with E-state index >= 15 is 0 Å². The zero-order chi connectivity index (χ0) is 18.8. The van der Waals surface area contributed by atoms with Gasteiger partial charge in [0.1, 0.15) is 17.4 Å². The number of carbonyl (C=O) groups is 1. The van der Waals surface area contributed by atoms with E-state index in [1.165, 1.54) is 5.56 Å². The molecule has 0 aliphatic carbocycles. The van der Waals surface area contributed by atoms with Crippen LogP contribution in [0.5, 0.6) is 5.75 Å². The van der Waals surface area contributed by atoms with E-state index in [0.29, 0.717) is 13.1 Å². The molecule has 0 saturated carbocycles. The fraction of sp³-hybridized carbons (Fsp3) is 0.304. The fourth-order valence-electron chi connectivity index (χ4n) is 3.58. The molecule has 3 aromatic rings. The van der Waals surface area contributed by atoms with E-state index in [-0.39, 0.29) is 12.0 Å². The summed E-state index contributed by atoms with van der Waals surface area (Å²) in [5.41, 5.74) is 4.04. The topological polar surface area (TPSA) is 42.4 Å². The van der Waals surface area contributed by atoms with Crippen LogP contribution in [-0.2, 0) is 0 Å². The number of nitrogens with zero attached hydrogens (tertiary/aromatic N) is 2. The number of amides is 1. The van der Waals surface area contributed by atoms with Gasteiger partial charge in [0.05, 0.1) is 0 Å². The number of para-hydroxylation sites is 1. The summed E-state index contributed by atoms with van der Waals surface area (Å²) in [5.74, 6) is 0.940. The van der Waals surface area contributed by atoms with Crippen molar-refractivity contribution < 1.29 is 9.53 Å². The number of aryl methyl sites for hydroxylation is 2. The molecule has 1 aliphatic heterocycles. The van der Waals surface area contributed by atoms with Crippen LogP contribution in [0.4, 0.5) is 0 Å².